The highest BCUT2D eigenvalue weighted by Gasteiger charge is 2.35. The van der Waals surface area contributed by atoms with Gasteiger partial charge in [0.1, 0.15) is 28.5 Å². The number of rotatable bonds is 8. The Morgan fingerprint density at radius 1 is 1.05 bits per heavy atom. The summed E-state index contributed by atoms with van der Waals surface area (Å²) >= 11 is 0. The molecular formula is C28H35N5O5. The fraction of sp³-hybridized carbons (Fsp3) is 0.429. The number of carbonyl (C=O) groups excluding carboxylic acids is 1. The minimum absolute atomic E-state index is 0.0454. The average molecular weight is 522 g/mol. The number of anilines is 1. The van der Waals surface area contributed by atoms with E-state index in [-0.39, 0.29) is 12.1 Å². The molecule has 0 aliphatic carbocycles. The number of nitrogens with one attached hydrogen (secondary N) is 1. The lowest BCUT2D eigenvalue weighted by atomic mass is 10.1. The van der Waals surface area contributed by atoms with Crippen molar-refractivity contribution in [1.29, 1.82) is 0 Å². The second-order valence-electron chi connectivity index (χ2n) is 10.3. The van der Waals surface area contributed by atoms with Gasteiger partial charge in [0.2, 0.25) is 5.88 Å². The minimum Gasteiger partial charge on any atom is -0.497 e. The molecule has 1 aliphatic heterocycles. The largest absolute Gasteiger partial charge is 0.497 e. The lowest BCUT2D eigenvalue weighted by Gasteiger charge is -2.29. The molecule has 0 saturated carbocycles. The number of methoxy groups -OCH3 is 2. The zero-order valence-corrected chi connectivity index (χ0v) is 22.7. The van der Waals surface area contributed by atoms with E-state index in [4.69, 9.17) is 23.9 Å². The quantitative estimate of drug-likeness (QED) is 0.416. The molecule has 1 aromatic carbocycles. The van der Waals surface area contributed by atoms with Crippen LogP contribution in [0.25, 0.3) is 11.4 Å². The molecule has 202 valence electrons. The second kappa shape index (κ2) is 11.5. The number of hydrogen-bond acceptors (Lipinski definition) is 9. The number of amides is 1. The fourth-order valence-corrected chi connectivity index (χ4v) is 4.23. The van der Waals surface area contributed by atoms with Gasteiger partial charge in [-0.2, -0.15) is 4.98 Å². The van der Waals surface area contributed by atoms with Crippen molar-refractivity contribution in [1.82, 2.24) is 19.9 Å². The molecule has 1 aliphatic rings. The lowest BCUT2D eigenvalue weighted by Crippen LogP contribution is -2.42. The number of ether oxygens (including phenoxy) is 4. The van der Waals surface area contributed by atoms with Crippen LogP contribution in [0.15, 0.2) is 48.9 Å². The van der Waals surface area contributed by atoms with E-state index in [1.54, 1.807) is 49.8 Å². The summed E-state index contributed by atoms with van der Waals surface area (Å²) in [6.07, 6.45) is 5.51. The molecule has 10 heteroatoms. The number of nitrogens with zero attached hydrogens (tertiary/aromatic N) is 4. The first-order valence-electron chi connectivity index (χ1n) is 12.6. The predicted octanol–water partition coefficient (Wildman–Crippen LogP) is 5.41. The highest BCUT2D eigenvalue weighted by molar-refractivity contribution is 5.69. The van der Waals surface area contributed by atoms with Crippen molar-refractivity contribution in [3.8, 4) is 34.5 Å². The molecule has 1 fully saturated rings. The maximum Gasteiger partial charge on any atom is 0.410 e. The first kappa shape index (κ1) is 27.0. The number of aromatic nitrogens is 3. The lowest BCUT2D eigenvalue weighted by molar-refractivity contribution is 0.0230. The Labute approximate surface area is 223 Å². The standard InChI is InChI=1S/C28H35N5O5/c1-18-11-20(33(17-18)27(34)38-28(2,3)4)14-30-24-16-31-25(19-12-23(36-6)15-29-13-19)32-26(24)37-22-9-7-21(35-5)8-10-22/h7-10,12-13,15-16,18,20,30H,11,14,17H2,1-6H3/t18-,20-/m1/s1. The van der Waals surface area contributed by atoms with Gasteiger partial charge in [-0.05, 0) is 63.4 Å². The summed E-state index contributed by atoms with van der Waals surface area (Å²) in [5.41, 5.74) is 0.735. The monoisotopic (exact) mass is 521 g/mol. The normalized spacial score (nSPS) is 17.2. The number of hydrogen-bond donors (Lipinski definition) is 1. The van der Waals surface area contributed by atoms with Crippen LogP contribution in [0.2, 0.25) is 0 Å². The first-order chi connectivity index (χ1) is 18.1. The SMILES string of the molecule is COc1ccc(Oc2nc(-c3cncc(OC)c3)ncc2NC[C@H]2C[C@@H](C)CN2C(=O)OC(C)(C)C)cc1. The molecule has 0 unspecified atom stereocenters. The highest BCUT2D eigenvalue weighted by Crippen LogP contribution is 2.32. The van der Waals surface area contributed by atoms with Crippen LogP contribution in [0.3, 0.4) is 0 Å². The van der Waals surface area contributed by atoms with Crippen LogP contribution in [0.5, 0.6) is 23.1 Å². The van der Waals surface area contributed by atoms with Crippen LogP contribution in [0.1, 0.15) is 34.1 Å². The van der Waals surface area contributed by atoms with Crippen molar-refractivity contribution in [2.75, 3.05) is 32.6 Å². The van der Waals surface area contributed by atoms with Gasteiger partial charge in [-0.3, -0.25) is 4.98 Å². The third-order valence-corrected chi connectivity index (χ3v) is 6.01. The molecule has 3 heterocycles. The molecule has 0 spiro atoms. The van der Waals surface area contributed by atoms with E-state index in [1.165, 1.54) is 0 Å². The van der Waals surface area contributed by atoms with Crippen molar-refractivity contribution in [3.05, 3.63) is 48.9 Å². The third kappa shape index (κ3) is 6.81. The molecule has 10 nitrogen and oxygen atoms in total. The van der Waals surface area contributed by atoms with E-state index in [0.29, 0.717) is 53.5 Å². The van der Waals surface area contributed by atoms with Crippen LogP contribution < -0.4 is 19.5 Å². The van der Waals surface area contributed by atoms with Crippen LogP contribution in [-0.2, 0) is 4.74 Å². The third-order valence-electron chi connectivity index (χ3n) is 6.01. The van der Waals surface area contributed by atoms with Gasteiger partial charge < -0.3 is 29.2 Å². The van der Waals surface area contributed by atoms with Crippen molar-refractivity contribution in [2.24, 2.45) is 5.92 Å². The van der Waals surface area contributed by atoms with Crippen molar-refractivity contribution in [3.63, 3.8) is 0 Å². The zero-order chi connectivity index (χ0) is 27.3. The van der Waals surface area contributed by atoms with E-state index in [9.17, 15) is 4.79 Å². The molecule has 0 bridgehead atoms. The van der Waals surface area contributed by atoms with E-state index in [2.05, 4.69) is 22.2 Å². The van der Waals surface area contributed by atoms with Gasteiger partial charge in [-0.1, -0.05) is 6.92 Å². The summed E-state index contributed by atoms with van der Waals surface area (Å²) in [6, 6.07) is 9.01. The van der Waals surface area contributed by atoms with Crippen LogP contribution in [0.4, 0.5) is 10.5 Å². The molecule has 1 amide bonds. The number of pyridine rings is 1. The van der Waals surface area contributed by atoms with Gasteiger partial charge >= 0.3 is 6.09 Å². The maximum absolute atomic E-state index is 12.8. The zero-order valence-electron chi connectivity index (χ0n) is 22.7. The topological polar surface area (TPSA) is 108 Å². The molecule has 1 N–H and O–H groups in total. The van der Waals surface area contributed by atoms with Crippen LogP contribution in [-0.4, -0.2) is 64.9 Å². The van der Waals surface area contributed by atoms with Crippen molar-refractivity contribution in [2.45, 2.75) is 45.8 Å². The van der Waals surface area contributed by atoms with Gasteiger partial charge in [0.25, 0.3) is 0 Å². The Hall–Kier alpha value is -4.08. The predicted molar refractivity (Wildman–Crippen MR) is 144 cm³/mol. The Morgan fingerprint density at radius 3 is 2.45 bits per heavy atom. The first-order valence-corrected chi connectivity index (χ1v) is 12.6. The molecule has 1 saturated heterocycles. The van der Waals surface area contributed by atoms with E-state index in [1.807, 2.05) is 39.0 Å². The summed E-state index contributed by atoms with van der Waals surface area (Å²) in [5.74, 6) is 3.06. The van der Waals surface area contributed by atoms with Gasteiger partial charge in [0.15, 0.2) is 5.82 Å². The Balaban J connectivity index is 1.58. The van der Waals surface area contributed by atoms with Crippen LogP contribution in [0, 0.1) is 5.92 Å². The summed E-state index contributed by atoms with van der Waals surface area (Å²) in [4.78, 5) is 28.1. The number of likely N-dealkylation sites (tertiary alicyclic amines) is 1. The highest BCUT2D eigenvalue weighted by atomic mass is 16.6. The smallest absolute Gasteiger partial charge is 0.410 e. The van der Waals surface area contributed by atoms with Crippen molar-refractivity contribution < 1.29 is 23.7 Å². The van der Waals surface area contributed by atoms with E-state index < -0.39 is 5.60 Å². The van der Waals surface area contributed by atoms with Gasteiger partial charge in [0, 0.05) is 24.8 Å². The molecule has 3 aromatic rings. The Kier molecular flexibility index (Phi) is 8.19. The van der Waals surface area contributed by atoms with E-state index >= 15 is 0 Å². The summed E-state index contributed by atoms with van der Waals surface area (Å²) in [6.45, 7) is 8.89. The summed E-state index contributed by atoms with van der Waals surface area (Å²) in [5, 5.41) is 3.40. The molecule has 0 radical (unpaired) electrons. The molecule has 2 aromatic heterocycles. The molecule has 2 atom stereocenters. The van der Waals surface area contributed by atoms with E-state index in [0.717, 1.165) is 12.2 Å². The molecule has 38 heavy (non-hydrogen) atoms. The Morgan fingerprint density at radius 2 is 1.76 bits per heavy atom. The van der Waals surface area contributed by atoms with Gasteiger partial charge in [-0.15, -0.1) is 0 Å². The molecular weight excluding hydrogens is 486 g/mol. The van der Waals surface area contributed by atoms with Gasteiger partial charge in [-0.25, -0.2) is 9.78 Å². The van der Waals surface area contributed by atoms with Gasteiger partial charge in [0.05, 0.1) is 32.7 Å². The Bertz CT molecular complexity index is 1250. The summed E-state index contributed by atoms with van der Waals surface area (Å²) in [7, 11) is 3.19. The second-order valence-corrected chi connectivity index (χ2v) is 10.3. The minimum atomic E-state index is -0.557. The van der Waals surface area contributed by atoms with Crippen LogP contribution >= 0.6 is 0 Å². The van der Waals surface area contributed by atoms with Crippen molar-refractivity contribution >= 4 is 11.8 Å². The number of benzene rings is 1. The summed E-state index contributed by atoms with van der Waals surface area (Å²) < 4.78 is 22.4. The fourth-order valence-electron chi connectivity index (χ4n) is 4.23. The molecule has 4 rings (SSSR count). The maximum atomic E-state index is 12.8. The average Bonchev–Trinajstić information content (AvgIpc) is 3.28. The number of carbonyl (C=O) groups is 1.